The molecule has 1 heterocycles. The Hall–Kier alpha value is -3.41. The first-order chi connectivity index (χ1) is 13.9. The number of fused-ring (bicyclic) bond motifs is 1. The fourth-order valence-corrected chi connectivity index (χ4v) is 3.79. The predicted molar refractivity (Wildman–Crippen MR) is 113 cm³/mol. The number of amides is 1. The SMILES string of the molecule is Cc1nn(-c2ccccc2)c2c1/C(=N/OC(=O)Nc1ccccc1)CC(C)(C)C2. The summed E-state index contributed by atoms with van der Waals surface area (Å²) in [6, 6.07) is 19.2. The average Bonchev–Trinajstić information content (AvgIpc) is 3.03. The highest BCUT2D eigenvalue weighted by atomic mass is 16.7. The maximum Gasteiger partial charge on any atom is 0.437 e. The molecule has 0 saturated heterocycles. The van der Waals surface area contributed by atoms with Crippen molar-refractivity contribution in [3.05, 3.63) is 77.6 Å². The largest absolute Gasteiger partial charge is 0.437 e. The van der Waals surface area contributed by atoms with E-state index >= 15 is 0 Å². The lowest BCUT2D eigenvalue weighted by molar-refractivity contribution is 0.165. The van der Waals surface area contributed by atoms with Crippen molar-refractivity contribution < 1.29 is 9.63 Å². The number of oxime groups is 1. The Kier molecular flexibility index (Phi) is 4.92. The van der Waals surface area contributed by atoms with Gasteiger partial charge in [-0.05, 0) is 49.4 Å². The Bertz CT molecular complexity index is 1050. The number of hydrogen-bond acceptors (Lipinski definition) is 4. The first kappa shape index (κ1) is 18.9. The number of aryl methyl sites for hydroxylation is 1. The molecule has 3 aromatic rings. The first-order valence-electron chi connectivity index (χ1n) is 9.67. The molecule has 1 aliphatic carbocycles. The molecular formula is C23H24N4O2. The van der Waals surface area contributed by atoms with E-state index in [0.717, 1.165) is 34.8 Å². The average molecular weight is 388 g/mol. The molecule has 6 nitrogen and oxygen atoms in total. The van der Waals surface area contributed by atoms with Gasteiger partial charge in [0.25, 0.3) is 0 Å². The smallest absolute Gasteiger partial charge is 0.297 e. The standard InChI is InChI=1S/C23H24N4O2/c1-16-21-19(26-29-22(28)24-17-10-6-4-7-11-17)14-23(2,3)15-20(21)27(25-16)18-12-8-5-9-13-18/h4-13H,14-15H2,1-3H3,(H,24,28)/b26-19+. The lowest BCUT2D eigenvalue weighted by Gasteiger charge is -2.30. The Morgan fingerprint density at radius 1 is 1.07 bits per heavy atom. The summed E-state index contributed by atoms with van der Waals surface area (Å²) < 4.78 is 1.98. The van der Waals surface area contributed by atoms with Crippen LogP contribution in [0.25, 0.3) is 5.69 Å². The monoisotopic (exact) mass is 388 g/mol. The van der Waals surface area contributed by atoms with Gasteiger partial charge in [-0.2, -0.15) is 5.10 Å². The molecule has 0 saturated carbocycles. The molecule has 0 unspecified atom stereocenters. The highest BCUT2D eigenvalue weighted by Crippen LogP contribution is 2.37. The van der Waals surface area contributed by atoms with Crippen molar-refractivity contribution in [3.63, 3.8) is 0 Å². The summed E-state index contributed by atoms with van der Waals surface area (Å²) in [6.45, 7) is 6.34. The Balaban J connectivity index is 1.65. The molecule has 0 atom stereocenters. The zero-order valence-electron chi connectivity index (χ0n) is 16.8. The number of nitrogens with zero attached hydrogens (tertiary/aromatic N) is 3. The lowest BCUT2D eigenvalue weighted by atomic mass is 9.75. The summed E-state index contributed by atoms with van der Waals surface area (Å²) in [7, 11) is 0. The highest BCUT2D eigenvalue weighted by Gasteiger charge is 2.35. The van der Waals surface area contributed by atoms with E-state index in [1.807, 2.05) is 60.1 Å². The van der Waals surface area contributed by atoms with E-state index < -0.39 is 6.09 Å². The van der Waals surface area contributed by atoms with Gasteiger partial charge in [-0.15, -0.1) is 0 Å². The summed E-state index contributed by atoms with van der Waals surface area (Å²) >= 11 is 0. The van der Waals surface area contributed by atoms with Crippen molar-refractivity contribution in [2.24, 2.45) is 10.6 Å². The molecule has 0 bridgehead atoms. The van der Waals surface area contributed by atoms with Crippen LogP contribution in [0.2, 0.25) is 0 Å². The third-order valence-corrected chi connectivity index (χ3v) is 5.00. The number of anilines is 1. The van der Waals surface area contributed by atoms with Gasteiger partial charge in [0, 0.05) is 11.3 Å². The van der Waals surface area contributed by atoms with Crippen molar-refractivity contribution in [2.75, 3.05) is 5.32 Å². The summed E-state index contributed by atoms with van der Waals surface area (Å²) in [5.41, 5.74) is 5.34. The molecule has 1 amide bonds. The van der Waals surface area contributed by atoms with E-state index in [9.17, 15) is 4.79 Å². The van der Waals surface area contributed by atoms with Crippen LogP contribution in [-0.2, 0) is 11.3 Å². The molecule has 1 N–H and O–H groups in total. The van der Waals surface area contributed by atoms with Crippen molar-refractivity contribution in [1.29, 1.82) is 0 Å². The third-order valence-electron chi connectivity index (χ3n) is 5.00. The maximum atomic E-state index is 12.2. The molecule has 0 aliphatic heterocycles. The molecule has 29 heavy (non-hydrogen) atoms. The number of para-hydroxylation sites is 2. The molecule has 0 spiro atoms. The van der Waals surface area contributed by atoms with Crippen LogP contribution in [0.5, 0.6) is 0 Å². The fraction of sp³-hybridized carbons (Fsp3) is 0.261. The Morgan fingerprint density at radius 3 is 2.41 bits per heavy atom. The van der Waals surface area contributed by atoms with Crippen LogP contribution in [0.4, 0.5) is 10.5 Å². The van der Waals surface area contributed by atoms with Gasteiger partial charge >= 0.3 is 6.09 Å². The van der Waals surface area contributed by atoms with Crippen molar-refractivity contribution in [3.8, 4) is 5.69 Å². The van der Waals surface area contributed by atoms with Gasteiger partial charge in [-0.3, -0.25) is 10.2 Å². The van der Waals surface area contributed by atoms with Crippen LogP contribution in [0, 0.1) is 12.3 Å². The van der Waals surface area contributed by atoms with Gasteiger partial charge in [0.05, 0.1) is 22.8 Å². The van der Waals surface area contributed by atoms with Crippen LogP contribution < -0.4 is 5.32 Å². The van der Waals surface area contributed by atoms with Crippen LogP contribution >= 0.6 is 0 Å². The summed E-state index contributed by atoms with van der Waals surface area (Å²) in [6.07, 6.45) is 0.967. The number of aromatic nitrogens is 2. The van der Waals surface area contributed by atoms with Crippen molar-refractivity contribution in [1.82, 2.24) is 9.78 Å². The number of nitrogens with one attached hydrogen (secondary N) is 1. The molecule has 4 rings (SSSR count). The van der Waals surface area contributed by atoms with Gasteiger partial charge in [-0.1, -0.05) is 55.4 Å². The van der Waals surface area contributed by atoms with E-state index in [0.29, 0.717) is 12.1 Å². The van der Waals surface area contributed by atoms with Crippen LogP contribution in [0.15, 0.2) is 65.8 Å². The fourth-order valence-electron chi connectivity index (χ4n) is 3.79. The van der Waals surface area contributed by atoms with Gasteiger partial charge < -0.3 is 0 Å². The van der Waals surface area contributed by atoms with Crippen LogP contribution in [-0.4, -0.2) is 21.6 Å². The second-order valence-electron chi connectivity index (χ2n) is 8.08. The normalized spacial score (nSPS) is 16.3. The molecule has 0 fully saturated rings. The third kappa shape index (κ3) is 4.06. The minimum Gasteiger partial charge on any atom is -0.297 e. The van der Waals surface area contributed by atoms with Crippen molar-refractivity contribution in [2.45, 2.75) is 33.6 Å². The first-order valence-corrected chi connectivity index (χ1v) is 9.67. The van der Waals surface area contributed by atoms with Crippen LogP contribution in [0.1, 0.15) is 37.2 Å². The zero-order valence-corrected chi connectivity index (χ0v) is 16.8. The summed E-state index contributed by atoms with van der Waals surface area (Å²) in [5, 5.41) is 11.7. The van der Waals surface area contributed by atoms with Crippen LogP contribution in [0.3, 0.4) is 0 Å². The summed E-state index contributed by atoms with van der Waals surface area (Å²) in [4.78, 5) is 17.4. The number of benzene rings is 2. The number of carbonyl (C=O) groups is 1. The molecule has 148 valence electrons. The second kappa shape index (κ2) is 7.54. The van der Waals surface area contributed by atoms with E-state index in [1.54, 1.807) is 12.1 Å². The quantitative estimate of drug-likeness (QED) is 0.501. The Morgan fingerprint density at radius 2 is 1.72 bits per heavy atom. The maximum absolute atomic E-state index is 12.2. The number of rotatable bonds is 3. The zero-order chi connectivity index (χ0) is 20.4. The van der Waals surface area contributed by atoms with Gasteiger partial charge in [0.2, 0.25) is 0 Å². The van der Waals surface area contributed by atoms with E-state index in [1.165, 1.54) is 0 Å². The van der Waals surface area contributed by atoms with Gasteiger partial charge in [0.1, 0.15) is 0 Å². The number of carbonyl (C=O) groups excluding carboxylic acids is 1. The lowest BCUT2D eigenvalue weighted by Crippen LogP contribution is -2.29. The molecule has 2 aromatic carbocycles. The Labute approximate surface area is 170 Å². The molecular weight excluding hydrogens is 364 g/mol. The van der Waals surface area contributed by atoms with E-state index in [-0.39, 0.29) is 5.41 Å². The van der Waals surface area contributed by atoms with Gasteiger partial charge in [0.15, 0.2) is 0 Å². The highest BCUT2D eigenvalue weighted by molar-refractivity contribution is 6.04. The summed E-state index contributed by atoms with van der Waals surface area (Å²) in [5.74, 6) is 0. The minimum absolute atomic E-state index is 0.0237. The molecule has 0 radical (unpaired) electrons. The molecule has 6 heteroatoms. The number of hydrogen-bond donors (Lipinski definition) is 1. The topological polar surface area (TPSA) is 68.5 Å². The van der Waals surface area contributed by atoms with E-state index in [2.05, 4.69) is 24.3 Å². The van der Waals surface area contributed by atoms with Crippen molar-refractivity contribution >= 4 is 17.5 Å². The van der Waals surface area contributed by atoms with Gasteiger partial charge in [-0.25, -0.2) is 9.48 Å². The molecule has 1 aromatic heterocycles. The predicted octanol–water partition coefficient (Wildman–Crippen LogP) is 5.11. The molecule has 1 aliphatic rings. The minimum atomic E-state index is -0.610. The second-order valence-corrected chi connectivity index (χ2v) is 8.08. The van der Waals surface area contributed by atoms with E-state index in [4.69, 9.17) is 9.94 Å².